The Morgan fingerprint density at radius 3 is 2.24 bits per heavy atom. The highest BCUT2D eigenvalue weighted by Crippen LogP contribution is 2.22. The number of anilines is 3. The predicted octanol–water partition coefficient (Wildman–Crippen LogP) is 6.21. The number of benzene rings is 2. The topological polar surface area (TPSA) is 122 Å². The van der Waals surface area contributed by atoms with Crippen LogP contribution in [0.5, 0.6) is 0 Å². The summed E-state index contributed by atoms with van der Waals surface area (Å²) in [5.41, 5.74) is 1.68. The van der Waals surface area contributed by atoms with E-state index >= 15 is 0 Å². The molecule has 3 rings (SSSR count). The molecule has 1 N–H and O–H groups in total. The van der Waals surface area contributed by atoms with E-state index in [1.807, 2.05) is 30.3 Å². The van der Waals surface area contributed by atoms with E-state index in [-0.39, 0.29) is 11.6 Å². The van der Waals surface area contributed by atoms with Crippen LogP contribution in [-0.2, 0) is 6.54 Å². The van der Waals surface area contributed by atoms with Gasteiger partial charge in [0.25, 0.3) is 11.6 Å². The molecule has 0 aliphatic carbocycles. The molecule has 178 valence electrons. The van der Waals surface area contributed by atoms with E-state index in [1.54, 1.807) is 12.1 Å². The van der Waals surface area contributed by atoms with Gasteiger partial charge in [-0.05, 0) is 30.5 Å². The first-order valence-corrected chi connectivity index (χ1v) is 11.5. The molecule has 34 heavy (non-hydrogen) atoms. The average Bonchev–Trinajstić information content (AvgIpc) is 2.85. The number of unbranched alkanes of at least 4 members (excludes halogenated alkanes) is 2. The summed E-state index contributed by atoms with van der Waals surface area (Å²) in [4.78, 5) is 26.2. The Bertz CT molecular complexity index is 1070. The van der Waals surface area contributed by atoms with Crippen LogP contribution in [0.2, 0.25) is 0 Å². The molecule has 0 amide bonds. The Balaban J connectivity index is 1.88. The molecule has 1 heterocycles. The summed E-state index contributed by atoms with van der Waals surface area (Å²) in [5.74, 6) is 1.06. The first-order chi connectivity index (χ1) is 16.6. The van der Waals surface area contributed by atoms with Gasteiger partial charge in [-0.3, -0.25) is 10.1 Å². The molecule has 1 aromatic heterocycles. The molecule has 0 saturated heterocycles. The van der Waals surface area contributed by atoms with Crippen LogP contribution in [0.15, 0.2) is 64.8 Å². The van der Waals surface area contributed by atoms with Crippen molar-refractivity contribution in [3.05, 3.63) is 70.3 Å². The van der Waals surface area contributed by atoms with E-state index in [4.69, 9.17) is 0 Å². The largest absolute Gasteiger partial charge is 0.341 e. The van der Waals surface area contributed by atoms with Crippen molar-refractivity contribution in [3.8, 4) is 0 Å². The van der Waals surface area contributed by atoms with Gasteiger partial charge in [-0.25, -0.2) is 0 Å². The van der Waals surface area contributed by atoms with Gasteiger partial charge in [0.15, 0.2) is 0 Å². The van der Waals surface area contributed by atoms with Gasteiger partial charge in [0.2, 0.25) is 11.9 Å². The highest BCUT2D eigenvalue weighted by Gasteiger charge is 2.14. The Kier molecular flexibility index (Phi) is 9.39. The highest BCUT2D eigenvalue weighted by atomic mass is 16.6. The van der Waals surface area contributed by atoms with Crippen LogP contribution in [-0.4, -0.2) is 33.0 Å². The lowest BCUT2D eigenvalue weighted by molar-refractivity contribution is -0.384. The van der Waals surface area contributed by atoms with Crippen LogP contribution in [0.4, 0.5) is 29.2 Å². The normalized spacial score (nSPS) is 11.0. The quantitative estimate of drug-likeness (QED) is 0.182. The van der Waals surface area contributed by atoms with Gasteiger partial charge in [-0.1, -0.05) is 57.0 Å². The van der Waals surface area contributed by atoms with Crippen LogP contribution < -0.4 is 10.2 Å². The maximum atomic E-state index is 10.9. The molecule has 3 aromatic rings. The number of nitro benzene ring substituents is 1. The zero-order chi connectivity index (χ0) is 24.2. The molecule has 0 aliphatic heterocycles. The number of nitro groups is 1. The summed E-state index contributed by atoms with van der Waals surface area (Å²) < 4.78 is 0. The van der Waals surface area contributed by atoms with E-state index in [0.717, 1.165) is 44.3 Å². The molecule has 2 aromatic carbocycles. The van der Waals surface area contributed by atoms with Gasteiger partial charge >= 0.3 is 0 Å². The first-order valence-electron chi connectivity index (χ1n) is 11.5. The second-order valence-electron chi connectivity index (χ2n) is 7.77. The number of non-ortho nitro benzene ring substituents is 1. The van der Waals surface area contributed by atoms with E-state index < -0.39 is 4.92 Å². The second-order valence-corrected chi connectivity index (χ2v) is 7.77. The molecule has 0 radical (unpaired) electrons. The fourth-order valence-electron chi connectivity index (χ4n) is 3.16. The summed E-state index contributed by atoms with van der Waals surface area (Å²) >= 11 is 0. The van der Waals surface area contributed by atoms with Crippen molar-refractivity contribution < 1.29 is 4.92 Å². The molecule has 0 saturated carbocycles. The van der Waals surface area contributed by atoms with E-state index in [2.05, 4.69) is 49.2 Å². The Morgan fingerprint density at radius 1 is 0.941 bits per heavy atom. The summed E-state index contributed by atoms with van der Waals surface area (Å²) in [6.07, 6.45) is 4.16. The summed E-state index contributed by atoms with van der Waals surface area (Å²) in [6.45, 7) is 6.38. The number of hydrogen-bond donors (Lipinski definition) is 1. The van der Waals surface area contributed by atoms with E-state index in [0.29, 0.717) is 24.1 Å². The molecular formula is C24H30N8O2. The SMILES string of the molecule is CCCCN(CCCC)c1nc(N=NCc2ccccc2)nc(Nc2ccc([N+](=O)[O-])cc2)n1. The summed E-state index contributed by atoms with van der Waals surface area (Å²) in [6, 6.07) is 15.9. The van der Waals surface area contributed by atoms with Crippen molar-refractivity contribution in [2.45, 2.75) is 46.1 Å². The Labute approximate surface area is 199 Å². The summed E-state index contributed by atoms with van der Waals surface area (Å²) in [7, 11) is 0. The molecule has 0 bridgehead atoms. The van der Waals surface area contributed by atoms with Crippen molar-refractivity contribution in [1.82, 2.24) is 15.0 Å². The zero-order valence-electron chi connectivity index (χ0n) is 19.6. The molecule has 0 unspecified atom stereocenters. The van der Waals surface area contributed by atoms with Crippen molar-refractivity contribution >= 4 is 29.2 Å². The number of aromatic nitrogens is 3. The van der Waals surface area contributed by atoms with Gasteiger partial charge in [0, 0.05) is 30.9 Å². The second kappa shape index (κ2) is 12.9. The van der Waals surface area contributed by atoms with Gasteiger partial charge in [0.05, 0.1) is 11.5 Å². The van der Waals surface area contributed by atoms with Crippen molar-refractivity contribution in [3.63, 3.8) is 0 Å². The van der Waals surface area contributed by atoms with Crippen LogP contribution in [0, 0.1) is 10.1 Å². The van der Waals surface area contributed by atoms with Gasteiger partial charge in [-0.2, -0.15) is 20.1 Å². The Morgan fingerprint density at radius 2 is 1.62 bits per heavy atom. The molecule has 0 aliphatic rings. The maximum Gasteiger partial charge on any atom is 0.275 e. The lowest BCUT2D eigenvalue weighted by Crippen LogP contribution is -2.28. The first kappa shape index (κ1) is 24.7. The van der Waals surface area contributed by atoms with Crippen molar-refractivity contribution in [2.75, 3.05) is 23.3 Å². The minimum atomic E-state index is -0.435. The molecular weight excluding hydrogens is 432 g/mol. The van der Waals surface area contributed by atoms with E-state index in [1.165, 1.54) is 12.1 Å². The average molecular weight is 463 g/mol. The highest BCUT2D eigenvalue weighted by molar-refractivity contribution is 5.57. The molecule has 10 nitrogen and oxygen atoms in total. The van der Waals surface area contributed by atoms with Crippen molar-refractivity contribution in [1.29, 1.82) is 0 Å². The van der Waals surface area contributed by atoms with Crippen LogP contribution >= 0.6 is 0 Å². The van der Waals surface area contributed by atoms with Crippen LogP contribution in [0.25, 0.3) is 0 Å². The van der Waals surface area contributed by atoms with Gasteiger partial charge < -0.3 is 10.2 Å². The number of rotatable bonds is 13. The zero-order valence-corrected chi connectivity index (χ0v) is 19.6. The fraction of sp³-hybridized carbons (Fsp3) is 0.375. The van der Waals surface area contributed by atoms with Crippen molar-refractivity contribution in [2.24, 2.45) is 10.2 Å². The summed E-state index contributed by atoms with van der Waals surface area (Å²) in [5, 5.41) is 22.6. The lowest BCUT2D eigenvalue weighted by atomic mass is 10.2. The smallest absolute Gasteiger partial charge is 0.275 e. The third-order valence-corrected chi connectivity index (χ3v) is 5.05. The monoisotopic (exact) mass is 462 g/mol. The standard InChI is InChI=1S/C24H30N8O2/c1-3-5-16-31(17-6-4-2)24-28-22(26-20-12-14-21(15-13-20)32(33)34)27-23(29-24)30-25-18-19-10-8-7-9-11-19/h7-15H,3-6,16-18H2,1-2H3,(H,26,27,28,29). The minimum absolute atomic E-state index is 0.0163. The van der Waals surface area contributed by atoms with E-state index in [9.17, 15) is 10.1 Å². The number of azo groups is 1. The van der Waals surface area contributed by atoms with Crippen LogP contribution in [0.3, 0.4) is 0 Å². The minimum Gasteiger partial charge on any atom is -0.341 e. The third kappa shape index (κ3) is 7.58. The molecule has 10 heteroatoms. The fourth-order valence-corrected chi connectivity index (χ4v) is 3.16. The van der Waals surface area contributed by atoms with Gasteiger partial charge in [0.1, 0.15) is 0 Å². The Hall–Kier alpha value is -3.95. The molecule has 0 fully saturated rings. The predicted molar refractivity (Wildman–Crippen MR) is 133 cm³/mol. The van der Waals surface area contributed by atoms with Crippen LogP contribution in [0.1, 0.15) is 45.1 Å². The molecule has 0 spiro atoms. The third-order valence-electron chi connectivity index (χ3n) is 5.05. The maximum absolute atomic E-state index is 10.9. The number of nitrogens with zero attached hydrogens (tertiary/aromatic N) is 7. The number of hydrogen-bond acceptors (Lipinski definition) is 9. The lowest BCUT2D eigenvalue weighted by Gasteiger charge is -2.22. The van der Waals surface area contributed by atoms with Gasteiger partial charge in [-0.15, -0.1) is 5.11 Å². The number of nitrogens with one attached hydrogen (secondary N) is 1. The molecule has 0 atom stereocenters.